The Bertz CT molecular complexity index is 508. The highest BCUT2D eigenvalue weighted by Gasteiger charge is 2.15. The smallest absolute Gasteiger partial charge is 0.0946 e. The third kappa shape index (κ3) is 2.07. The van der Waals surface area contributed by atoms with E-state index in [1.165, 1.54) is 0 Å². The Morgan fingerprint density at radius 3 is 2.75 bits per heavy atom. The number of rotatable bonds is 2. The molecule has 2 N–H and O–H groups in total. The van der Waals surface area contributed by atoms with Gasteiger partial charge < -0.3 is 10.3 Å². The molecule has 84 valence electrons. The fourth-order valence-corrected chi connectivity index (χ4v) is 2.00. The van der Waals surface area contributed by atoms with Gasteiger partial charge in [-0.15, -0.1) is 0 Å². The molecule has 0 saturated heterocycles. The molecule has 5 heteroatoms. The first-order valence-corrected chi connectivity index (χ1v) is 5.52. The summed E-state index contributed by atoms with van der Waals surface area (Å²) in [5.74, 6) is 0. The summed E-state index contributed by atoms with van der Waals surface area (Å²) in [6.45, 7) is 0. The lowest BCUT2D eigenvalue weighted by Gasteiger charge is -2.14. The maximum atomic E-state index is 6.13. The van der Waals surface area contributed by atoms with Gasteiger partial charge in [0.05, 0.1) is 24.3 Å². The lowest BCUT2D eigenvalue weighted by Crippen LogP contribution is -2.15. The summed E-state index contributed by atoms with van der Waals surface area (Å²) >= 11 is 12.0. The van der Waals surface area contributed by atoms with E-state index in [9.17, 15) is 0 Å². The Labute approximate surface area is 104 Å². The zero-order chi connectivity index (χ0) is 11.7. The van der Waals surface area contributed by atoms with Gasteiger partial charge in [-0.25, -0.2) is 4.98 Å². The van der Waals surface area contributed by atoms with Gasteiger partial charge in [0, 0.05) is 17.1 Å². The number of imidazole rings is 1. The van der Waals surface area contributed by atoms with E-state index in [1.54, 1.807) is 30.7 Å². The van der Waals surface area contributed by atoms with E-state index >= 15 is 0 Å². The molecule has 3 nitrogen and oxygen atoms in total. The highest BCUT2D eigenvalue weighted by atomic mass is 35.5. The lowest BCUT2D eigenvalue weighted by atomic mass is 10.1. The van der Waals surface area contributed by atoms with Crippen molar-refractivity contribution < 1.29 is 0 Å². The first kappa shape index (κ1) is 11.5. The minimum atomic E-state index is -0.321. The fraction of sp³-hybridized carbons (Fsp3) is 0.182. The number of aromatic nitrogens is 2. The van der Waals surface area contributed by atoms with Crippen LogP contribution in [0.1, 0.15) is 17.3 Å². The van der Waals surface area contributed by atoms with Crippen molar-refractivity contribution in [2.24, 2.45) is 12.8 Å². The van der Waals surface area contributed by atoms with Crippen LogP contribution >= 0.6 is 23.2 Å². The molecule has 0 aliphatic heterocycles. The standard InChI is InChI=1S/C11H11Cl2N3/c1-16-6-15-5-10(16)11(14)8-4-7(12)2-3-9(8)13/h2-6,11H,14H2,1H3. The number of nitrogens with two attached hydrogens (primary N) is 1. The zero-order valence-electron chi connectivity index (χ0n) is 8.69. The van der Waals surface area contributed by atoms with Gasteiger partial charge in [-0.3, -0.25) is 0 Å². The summed E-state index contributed by atoms with van der Waals surface area (Å²) in [6, 6.07) is 4.94. The number of hydrogen-bond donors (Lipinski definition) is 1. The molecule has 0 bridgehead atoms. The largest absolute Gasteiger partial charge is 0.336 e. The molecule has 0 fully saturated rings. The van der Waals surface area contributed by atoms with E-state index in [0.717, 1.165) is 11.3 Å². The first-order valence-electron chi connectivity index (χ1n) is 4.76. The molecule has 2 aromatic rings. The summed E-state index contributed by atoms with van der Waals surface area (Å²) in [6.07, 6.45) is 3.43. The van der Waals surface area contributed by atoms with Crippen molar-refractivity contribution in [3.63, 3.8) is 0 Å². The molecular formula is C11H11Cl2N3. The van der Waals surface area contributed by atoms with Crippen LogP contribution in [0, 0.1) is 0 Å². The molecule has 1 heterocycles. The summed E-state index contributed by atoms with van der Waals surface area (Å²) < 4.78 is 1.86. The average molecular weight is 256 g/mol. The molecule has 0 aliphatic rings. The summed E-state index contributed by atoms with van der Waals surface area (Å²) in [5.41, 5.74) is 7.82. The van der Waals surface area contributed by atoms with Crippen LogP contribution in [0.2, 0.25) is 10.0 Å². The summed E-state index contributed by atoms with van der Waals surface area (Å²) in [5, 5.41) is 1.23. The van der Waals surface area contributed by atoms with E-state index in [2.05, 4.69) is 4.98 Å². The molecule has 0 radical (unpaired) electrons. The number of hydrogen-bond acceptors (Lipinski definition) is 2. The van der Waals surface area contributed by atoms with Crippen LogP contribution in [0.5, 0.6) is 0 Å². The molecule has 1 atom stereocenters. The van der Waals surface area contributed by atoms with Crippen molar-refractivity contribution in [1.29, 1.82) is 0 Å². The summed E-state index contributed by atoms with van der Waals surface area (Å²) in [7, 11) is 1.89. The van der Waals surface area contributed by atoms with Gasteiger partial charge in [0.25, 0.3) is 0 Å². The van der Waals surface area contributed by atoms with Crippen molar-refractivity contribution in [1.82, 2.24) is 9.55 Å². The Balaban J connectivity index is 2.45. The van der Waals surface area contributed by atoms with Crippen LogP contribution in [0.3, 0.4) is 0 Å². The van der Waals surface area contributed by atoms with Crippen LogP contribution in [0.15, 0.2) is 30.7 Å². The average Bonchev–Trinajstić information content (AvgIpc) is 2.67. The Kier molecular flexibility index (Phi) is 3.19. The van der Waals surface area contributed by atoms with Crippen LogP contribution < -0.4 is 5.73 Å². The Morgan fingerprint density at radius 1 is 1.38 bits per heavy atom. The van der Waals surface area contributed by atoms with E-state index in [4.69, 9.17) is 28.9 Å². The van der Waals surface area contributed by atoms with Gasteiger partial charge in [-0.1, -0.05) is 23.2 Å². The summed E-state index contributed by atoms with van der Waals surface area (Å²) in [4.78, 5) is 4.03. The van der Waals surface area contributed by atoms with Gasteiger partial charge in [0.2, 0.25) is 0 Å². The molecule has 1 unspecified atom stereocenters. The predicted molar refractivity (Wildman–Crippen MR) is 65.7 cm³/mol. The monoisotopic (exact) mass is 255 g/mol. The van der Waals surface area contributed by atoms with E-state index < -0.39 is 0 Å². The third-order valence-electron chi connectivity index (χ3n) is 2.47. The van der Waals surface area contributed by atoms with E-state index in [-0.39, 0.29) is 6.04 Å². The second-order valence-electron chi connectivity index (χ2n) is 3.57. The normalized spacial score (nSPS) is 12.8. The van der Waals surface area contributed by atoms with Crippen LogP contribution in [-0.2, 0) is 7.05 Å². The number of benzene rings is 1. The quantitative estimate of drug-likeness (QED) is 0.897. The van der Waals surface area contributed by atoms with Gasteiger partial charge in [-0.2, -0.15) is 0 Å². The second kappa shape index (κ2) is 4.45. The predicted octanol–water partition coefficient (Wildman–Crippen LogP) is 2.78. The molecular weight excluding hydrogens is 245 g/mol. The fourth-order valence-electron chi connectivity index (χ4n) is 1.58. The Morgan fingerprint density at radius 2 is 2.12 bits per heavy atom. The minimum absolute atomic E-state index is 0.321. The zero-order valence-corrected chi connectivity index (χ0v) is 10.2. The first-order chi connectivity index (χ1) is 7.59. The number of aryl methyl sites for hydroxylation is 1. The van der Waals surface area contributed by atoms with Crippen LogP contribution in [0.4, 0.5) is 0 Å². The van der Waals surface area contributed by atoms with Gasteiger partial charge in [0.15, 0.2) is 0 Å². The van der Waals surface area contributed by atoms with Crippen molar-refractivity contribution in [2.45, 2.75) is 6.04 Å². The number of halogens is 2. The van der Waals surface area contributed by atoms with Gasteiger partial charge in [-0.05, 0) is 23.8 Å². The van der Waals surface area contributed by atoms with Crippen molar-refractivity contribution in [2.75, 3.05) is 0 Å². The van der Waals surface area contributed by atoms with Crippen molar-refractivity contribution in [3.8, 4) is 0 Å². The van der Waals surface area contributed by atoms with Crippen molar-refractivity contribution in [3.05, 3.63) is 52.0 Å². The molecule has 0 amide bonds. The SMILES string of the molecule is Cn1cncc1C(N)c1cc(Cl)ccc1Cl. The Hall–Kier alpha value is -1.03. The minimum Gasteiger partial charge on any atom is -0.336 e. The topological polar surface area (TPSA) is 43.8 Å². The number of nitrogens with zero attached hydrogens (tertiary/aromatic N) is 2. The molecule has 2 rings (SSSR count). The molecule has 16 heavy (non-hydrogen) atoms. The molecule has 1 aromatic carbocycles. The van der Waals surface area contributed by atoms with Crippen LogP contribution in [-0.4, -0.2) is 9.55 Å². The molecule has 0 spiro atoms. The maximum absolute atomic E-state index is 6.13. The van der Waals surface area contributed by atoms with Gasteiger partial charge >= 0.3 is 0 Å². The second-order valence-corrected chi connectivity index (χ2v) is 4.42. The van der Waals surface area contributed by atoms with E-state index in [0.29, 0.717) is 10.0 Å². The molecule has 0 saturated carbocycles. The van der Waals surface area contributed by atoms with Crippen molar-refractivity contribution >= 4 is 23.2 Å². The van der Waals surface area contributed by atoms with E-state index in [1.807, 2.05) is 11.6 Å². The highest BCUT2D eigenvalue weighted by Crippen LogP contribution is 2.28. The highest BCUT2D eigenvalue weighted by molar-refractivity contribution is 6.33. The lowest BCUT2D eigenvalue weighted by molar-refractivity contribution is 0.746. The maximum Gasteiger partial charge on any atom is 0.0946 e. The van der Waals surface area contributed by atoms with Crippen LogP contribution in [0.25, 0.3) is 0 Å². The molecule has 0 aliphatic carbocycles. The van der Waals surface area contributed by atoms with Gasteiger partial charge in [0.1, 0.15) is 0 Å². The molecule has 1 aromatic heterocycles. The third-order valence-corrected chi connectivity index (χ3v) is 3.05.